The van der Waals surface area contributed by atoms with Crippen molar-refractivity contribution >= 4 is 6.71 Å². The lowest BCUT2D eigenvalue weighted by Gasteiger charge is -2.51. The molecule has 3 heterocycles. The van der Waals surface area contributed by atoms with Crippen LogP contribution in [0.5, 0.6) is 0 Å². The van der Waals surface area contributed by atoms with E-state index in [9.17, 15) is 0 Å². The van der Waals surface area contributed by atoms with Crippen LogP contribution < -0.4 is 0 Å². The highest BCUT2D eigenvalue weighted by Gasteiger charge is 2.50. The molecule has 3 saturated heterocycles. The summed E-state index contributed by atoms with van der Waals surface area (Å²) in [6.07, 6.45) is 14.0. The molecule has 2 nitrogen and oxygen atoms in total. The van der Waals surface area contributed by atoms with Gasteiger partial charge in [0.1, 0.15) is 6.71 Å². The van der Waals surface area contributed by atoms with E-state index in [0.29, 0.717) is 17.8 Å². The molecule has 4 fully saturated rings. The Balaban J connectivity index is 1.37. The first-order valence-electron chi connectivity index (χ1n) is 11.4. The van der Waals surface area contributed by atoms with E-state index in [1.165, 1.54) is 57.7 Å². The van der Waals surface area contributed by atoms with Gasteiger partial charge in [0, 0.05) is 12.3 Å². The van der Waals surface area contributed by atoms with Crippen LogP contribution in [0, 0.1) is 23.7 Å². The van der Waals surface area contributed by atoms with E-state index in [2.05, 4.69) is 20.8 Å². The minimum absolute atomic E-state index is 0.259. The largest absolute Gasteiger partial charge is 0.349 e. The first-order chi connectivity index (χ1) is 12.1. The summed E-state index contributed by atoms with van der Waals surface area (Å²) in [4.78, 5) is 0. The van der Waals surface area contributed by atoms with Crippen molar-refractivity contribution in [2.45, 2.75) is 102 Å². The van der Waals surface area contributed by atoms with Gasteiger partial charge in [0.2, 0.25) is 0 Å². The fourth-order valence-electron chi connectivity index (χ4n) is 6.92. The van der Waals surface area contributed by atoms with Crippen LogP contribution in [0.25, 0.3) is 0 Å². The third-order valence-corrected chi connectivity index (χ3v) is 8.22. The van der Waals surface area contributed by atoms with Gasteiger partial charge in [-0.3, -0.25) is 0 Å². The van der Waals surface area contributed by atoms with Crippen molar-refractivity contribution in [3.63, 3.8) is 0 Å². The SMILES string of the molecule is CC(C)[C@@H]1CC[C@@H](C)CC12OCC(CB1C3CCCC1CCC3)CO2. The summed E-state index contributed by atoms with van der Waals surface area (Å²) in [5.74, 6) is 4.39. The molecule has 3 aliphatic heterocycles. The average molecular weight is 346 g/mol. The molecule has 1 spiro atoms. The van der Waals surface area contributed by atoms with Crippen molar-refractivity contribution in [3.8, 4) is 0 Å². The molecule has 4 aliphatic rings. The van der Waals surface area contributed by atoms with Crippen LogP contribution in [-0.2, 0) is 9.47 Å². The topological polar surface area (TPSA) is 18.5 Å². The third-order valence-electron chi connectivity index (χ3n) is 8.22. The van der Waals surface area contributed by atoms with Gasteiger partial charge in [-0.1, -0.05) is 83.7 Å². The minimum atomic E-state index is -0.259. The maximum absolute atomic E-state index is 6.60. The lowest BCUT2D eigenvalue weighted by molar-refractivity contribution is -0.328. The molecule has 0 N–H and O–H groups in total. The fraction of sp³-hybridized carbons (Fsp3) is 1.00. The fourth-order valence-corrected chi connectivity index (χ4v) is 6.92. The van der Waals surface area contributed by atoms with Crippen LogP contribution in [-0.4, -0.2) is 25.7 Å². The van der Waals surface area contributed by atoms with E-state index in [0.717, 1.165) is 43.9 Å². The van der Waals surface area contributed by atoms with Crippen LogP contribution >= 0.6 is 0 Å². The molecule has 1 saturated carbocycles. The summed E-state index contributed by atoms with van der Waals surface area (Å²) < 4.78 is 13.2. The van der Waals surface area contributed by atoms with E-state index in [1.807, 2.05) is 0 Å². The smallest absolute Gasteiger partial charge is 0.171 e. The molecular formula is C22H39BO2. The summed E-state index contributed by atoms with van der Waals surface area (Å²) in [5.41, 5.74) is 0. The van der Waals surface area contributed by atoms with Crippen LogP contribution in [0.3, 0.4) is 0 Å². The van der Waals surface area contributed by atoms with Gasteiger partial charge >= 0.3 is 0 Å². The zero-order valence-corrected chi connectivity index (χ0v) is 16.8. The lowest BCUT2D eigenvalue weighted by Crippen LogP contribution is -2.54. The second-order valence-electron chi connectivity index (χ2n) is 10.3. The molecule has 2 bridgehead atoms. The quantitative estimate of drug-likeness (QED) is 0.580. The summed E-state index contributed by atoms with van der Waals surface area (Å²) in [6, 6.07) is 0. The third kappa shape index (κ3) is 3.70. The van der Waals surface area contributed by atoms with E-state index in [-0.39, 0.29) is 5.79 Å². The van der Waals surface area contributed by atoms with Crippen molar-refractivity contribution < 1.29 is 9.47 Å². The maximum atomic E-state index is 6.60. The second-order valence-corrected chi connectivity index (χ2v) is 10.3. The predicted octanol–water partition coefficient (Wildman–Crippen LogP) is 6.04. The van der Waals surface area contributed by atoms with Crippen molar-refractivity contribution in [2.75, 3.05) is 13.2 Å². The first kappa shape index (κ1) is 18.4. The molecule has 1 aliphatic carbocycles. The molecule has 0 amide bonds. The summed E-state index contributed by atoms with van der Waals surface area (Å²) in [7, 11) is 0. The van der Waals surface area contributed by atoms with E-state index < -0.39 is 0 Å². The van der Waals surface area contributed by atoms with E-state index in [1.54, 1.807) is 0 Å². The predicted molar refractivity (Wildman–Crippen MR) is 105 cm³/mol. The molecule has 142 valence electrons. The molecule has 25 heavy (non-hydrogen) atoms. The molecule has 0 aromatic heterocycles. The highest BCUT2D eigenvalue weighted by molar-refractivity contribution is 6.62. The average Bonchev–Trinajstić information content (AvgIpc) is 2.56. The van der Waals surface area contributed by atoms with Gasteiger partial charge in [0.25, 0.3) is 0 Å². The molecule has 2 atom stereocenters. The van der Waals surface area contributed by atoms with Gasteiger partial charge in [0.15, 0.2) is 5.79 Å². The van der Waals surface area contributed by atoms with E-state index >= 15 is 0 Å². The maximum Gasteiger partial charge on any atom is 0.171 e. The monoisotopic (exact) mass is 346 g/mol. The Kier molecular flexibility index (Phi) is 5.54. The standard InChI is InChI=1S/C22H39BO2/c1-16(2)21-11-10-17(3)12-22(21)24-14-18(15-25-22)13-23-19-6-4-7-20(23)9-5-8-19/h16-21H,4-15H2,1-3H3/t17-,18?,19?,20?,21+,22?/m1/s1. The van der Waals surface area contributed by atoms with Gasteiger partial charge in [-0.2, -0.15) is 0 Å². The summed E-state index contributed by atoms with van der Waals surface area (Å²) >= 11 is 0. The van der Waals surface area contributed by atoms with Gasteiger partial charge in [-0.25, -0.2) is 0 Å². The molecule has 0 aromatic carbocycles. The Hall–Kier alpha value is -0.0151. The number of fused-ring (bicyclic) bond motifs is 2. The van der Waals surface area contributed by atoms with Gasteiger partial charge < -0.3 is 9.47 Å². The molecule has 4 rings (SSSR count). The Bertz CT molecular complexity index is 421. The van der Waals surface area contributed by atoms with Crippen molar-refractivity contribution in [2.24, 2.45) is 23.7 Å². The Morgan fingerprint density at radius 2 is 1.52 bits per heavy atom. The van der Waals surface area contributed by atoms with E-state index in [4.69, 9.17) is 9.47 Å². The highest BCUT2D eigenvalue weighted by atomic mass is 16.7. The Morgan fingerprint density at radius 3 is 2.08 bits per heavy atom. The van der Waals surface area contributed by atoms with Crippen LogP contribution in [0.15, 0.2) is 0 Å². The van der Waals surface area contributed by atoms with Crippen LogP contribution in [0.4, 0.5) is 0 Å². The molecule has 0 aromatic rings. The van der Waals surface area contributed by atoms with Crippen LogP contribution in [0.2, 0.25) is 18.0 Å². The first-order valence-corrected chi connectivity index (χ1v) is 11.4. The second kappa shape index (κ2) is 7.54. The molecule has 0 unspecified atom stereocenters. The molecule has 0 radical (unpaired) electrons. The molecule has 3 heteroatoms. The summed E-state index contributed by atoms with van der Waals surface area (Å²) in [6.45, 7) is 9.95. The normalized spacial score (nSPS) is 45.1. The number of hydrogen-bond acceptors (Lipinski definition) is 2. The zero-order chi connectivity index (χ0) is 17.4. The van der Waals surface area contributed by atoms with Gasteiger partial charge in [-0.15, -0.1) is 0 Å². The highest BCUT2D eigenvalue weighted by Crippen LogP contribution is 2.50. The Morgan fingerprint density at radius 1 is 0.920 bits per heavy atom. The van der Waals surface area contributed by atoms with Crippen molar-refractivity contribution in [1.82, 2.24) is 0 Å². The van der Waals surface area contributed by atoms with Gasteiger partial charge in [-0.05, 0) is 24.2 Å². The van der Waals surface area contributed by atoms with Gasteiger partial charge in [0.05, 0.1) is 13.2 Å². The minimum Gasteiger partial charge on any atom is -0.349 e. The zero-order valence-electron chi connectivity index (χ0n) is 16.8. The van der Waals surface area contributed by atoms with Crippen molar-refractivity contribution in [3.05, 3.63) is 0 Å². The number of rotatable bonds is 3. The van der Waals surface area contributed by atoms with Crippen molar-refractivity contribution in [1.29, 1.82) is 0 Å². The Labute approximate surface area is 155 Å². The summed E-state index contributed by atoms with van der Waals surface area (Å²) in [5, 5.41) is 0. The molecular weight excluding hydrogens is 307 g/mol. The number of hydrogen-bond donors (Lipinski definition) is 0. The van der Waals surface area contributed by atoms with Crippen LogP contribution in [0.1, 0.15) is 78.6 Å². The number of ether oxygens (including phenoxy) is 2. The lowest BCUT2D eigenvalue weighted by atomic mass is 9.25.